The predicted molar refractivity (Wildman–Crippen MR) is 102 cm³/mol. The van der Waals surface area contributed by atoms with Crippen LogP contribution in [0.25, 0.3) is 0 Å². The molecule has 0 aromatic heterocycles. The Morgan fingerprint density at radius 3 is 2.70 bits per heavy atom. The van der Waals surface area contributed by atoms with Crippen molar-refractivity contribution in [2.45, 2.75) is 26.4 Å². The van der Waals surface area contributed by atoms with E-state index in [9.17, 15) is 14.4 Å². The van der Waals surface area contributed by atoms with Gasteiger partial charge in [0.25, 0.3) is 11.8 Å². The van der Waals surface area contributed by atoms with Crippen molar-refractivity contribution >= 4 is 23.5 Å². The normalized spacial score (nSPS) is 13.6. The highest BCUT2D eigenvalue weighted by atomic mass is 16.5. The molecule has 140 valence electrons. The molecule has 6 nitrogen and oxygen atoms in total. The Bertz CT molecular complexity index is 878. The van der Waals surface area contributed by atoms with Gasteiger partial charge in [0.05, 0.1) is 0 Å². The molecular weight excluding hydrogens is 344 g/mol. The third kappa shape index (κ3) is 4.34. The second-order valence-electron chi connectivity index (χ2n) is 6.55. The van der Waals surface area contributed by atoms with Crippen LogP contribution in [0.15, 0.2) is 48.5 Å². The number of para-hydroxylation sites is 1. The van der Waals surface area contributed by atoms with Crippen LogP contribution in [0, 0.1) is 6.92 Å². The van der Waals surface area contributed by atoms with Crippen LogP contribution in [0.2, 0.25) is 0 Å². The van der Waals surface area contributed by atoms with Crippen molar-refractivity contribution in [2.75, 3.05) is 18.0 Å². The Labute approximate surface area is 158 Å². The zero-order chi connectivity index (χ0) is 19.4. The second kappa shape index (κ2) is 8.03. The summed E-state index contributed by atoms with van der Waals surface area (Å²) in [6, 6.07) is 14.8. The summed E-state index contributed by atoms with van der Waals surface area (Å²) in [5, 5.41) is 2.52. The first-order valence-electron chi connectivity index (χ1n) is 8.89. The zero-order valence-corrected chi connectivity index (χ0v) is 15.4. The number of nitrogens with one attached hydrogen (secondary N) is 1. The minimum Gasteiger partial charge on any atom is -0.451 e. The van der Waals surface area contributed by atoms with Crippen LogP contribution >= 0.6 is 0 Å². The van der Waals surface area contributed by atoms with Crippen molar-refractivity contribution in [2.24, 2.45) is 0 Å². The van der Waals surface area contributed by atoms with Crippen molar-refractivity contribution in [3.63, 3.8) is 0 Å². The fourth-order valence-electron chi connectivity index (χ4n) is 3.12. The summed E-state index contributed by atoms with van der Waals surface area (Å²) in [5.74, 6) is -1.27. The molecule has 1 N–H and O–H groups in total. The maximum atomic E-state index is 12.6. The van der Waals surface area contributed by atoms with E-state index in [0.29, 0.717) is 12.1 Å². The lowest BCUT2D eigenvalue weighted by molar-refractivity contribution is -0.152. The van der Waals surface area contributed by atoms with Gasteiger partial charge in [-0.25, -0.2) is 0 Å². The molecule has 0 fully saturated rings. The van der Waals surface area contributed by atoms with Gasteiger partial charge in [-0.1, -0.05) is 35.9 Å². The molecule has 0 unspecified atom stereocenters. The number of aryl methyl sites for hydroxylation is 1. The second-order valence-corrected chi connectivity index (χ2v) is 6.55. The molecule has 0 aliphatic carbocycles. The molecule has 0 radical (unpaired) electrons. The SMILES string of the molecule is Cc1cccc(C(=O)NCC(=O)O[C@@H](C)C(=O)N2CCc3ccccc32)c1. The Hall–Kier alpha value is -3.15. The molecule has 0 spiro atoms. The fourth-order valence-corrected chi connectivity index (χ4v) is 3.12. The van der Waals surface area contributed by atoms with Gasteiger partial charge in [-0.05, 0) is 44.0 Å². The molecular formula is C21H22N2O4. The first-order chi connectivity index (χ1) is 13.0. The molecule has 1 aliphatic heterocycles. The number of hydrogen-bond donors (Lipinski definition) is 1. The molecule has 2 aromatic rings. The molecule has 0 bridgehead atoms. The van der Waals surface area contributed by atoms with E-state index < -0.39 is 12.1 Å². The topological polar surface area (TPSA) is 75.7 Å². The minimum absolute atomic E-state index is 0.265. The van der Waals surface area contributed by atoms with E-state index in [1.54, 1.807) is 30.0 Å². The van der Waals surface area contributed by atoms with Crippen molar-refractivity contribution in [1.82, 2.24) is 5.32 Å². The summed E-state index contributed by atoms with van der Waals surface area (Å²) < 4.78 is 5.20. The van der Waals surface area contributed by atoms with Gasteiger partial charge in [0.15, 0.2) is 6.10 Å². The Morgan fingerprint density at radius 1 is 1.15 bits per heavy atom. The maximum Gasteiger partial charge on any atom is 0.326 e. The first kappa shape index (κ1) is 18.6. The lowest BCUT2D eigenvalue weighted by Crippen LogP contribution is -2.41. The van der Waals surface area contributed by atoms with Gasteiger partial charge in [0.1, 0.15) is 6.54 Å². The van der Waals surface area contributed by atoms with Gasteiger partial charge in [-0.2, -0.15) is 0 Å². The predicted octanol–water partition coefficient (Wildman–Crippen LogP) is 2.25. The van der Waals surface area contributed by atoms with Crippen LogP contribution in [0.1, 0.15) is 28.4 Å². The summed E-state index contributed by atoms with van der Waals surface area (Å²) in [6.07, 6.45) is -0.130. The maximum absolute atomic E-state index is 12.6. The van der Waals surface area contributed by atoms with Crippen LogP contribution < -0.4 is 10.2 Å². The summed E-state index contributed by atoms with van der Waals surface area (Å²) >= 11 is 0. The Kier molecular flexibility index (Phi) is 5.54. The largest absolute Gasteiger partial charge is 0.451 e. The number of amides is 2. The third-order valence-electron chi connectivity index (χ3n) is 4.48. The molecule has 2 amide bonds. The summed E-state index contributed by atoms with van der Waals surface area (Å²) in [7, 11) is 0. The third-order valence-corrected chi connectivity index (χ3v) is 4.48. The number of carbonyl (C=O) groups excluding carboxylic acids is 3. The van der Waals surface area contributed by atoms with E-state index in [1.807, 2.05) is 37.3 Å². The van der Waals surface area contributed by atoms with Gasteiger partial charge in [-0.3, -0.25) is 14.4 Å². The van der Waals surface area contributed by atoms with Crippen molar-refractivity contribution in [1.29, 1.82) is 0 Å². The number of rotatable bonds is 5. The van der Waals surface area contributed by atoms with Gasteiger partial charge >= 0.3 is 5.97 Å². The number of fused-ring (bicyclic) bond motifs is 1. The fraction of sp³-hybridized carbons (Fsp3) is 0.286. The standard InChI is InChI=1S/C21H22N2O4/c1-14-6-5-8-17(12-14)20(25)22-13-19(24)27-15(2)21(26)23-11-10-16-7-3-4-9-18(16)23/h3-9,12,15H,10-11,13H2,1-2H3,(H,22,25)/t15-/m0/s1. The van der Waals surface area contributed by atoms with E-state index >= 15 is 0 Å². The average Bonchev–Trinajstić information content (AvgIpc) is 3.09. The summed E-state index contributed by atoms with van der Waals surface area (Å²) in [6.45, 7) is 3.71. The van der Waals surface area contributed by atoms with Gasteiger partial charge < -0.3 is 15.0 Å². The average molecular weight is 366 g/mol. The smallest absolute Gasteiger partial charge is 0.326 e. The summed E-state index contributed by atoms with van der Waals surface area (Å²) in [5.41, 5.74) is 3.39. The molecule has 0 saturated heterocycles. The summed E-state index contributed by atoms with van der Waals surface area (Å²) in [4.78, 5) is 38.3. The van der Waals surface area contributed by atoms with E-state index in [0.717, 1.165) is 23.2 Å². The molecule has 3 rings (SSSR count). The lowest BCUT2D eigenvalue weighted by Gasteiger charge is -2.21. The van der Waals surface area contributed by atoms with E-state index in [-0.39, 0.29) is 18.4 Å². The number of carbonyl (C=O) groups is 3. The van der Waals surface area contributed by atoms with Gasteiger partial charge in [-0.15, -0.1) is 0 Å². The minimum atomic E-state index is -0.917. The van der Waals surface area contributed by atoms with Crippen LogP contribution in [0.4, 0.5) is 5.69 Å². The Balaban J connectivity index is 1.52. The van der Waals surface area contributed by atoms with Crippen molar-refractivity contribution in [3.05, 3.63) is 65.2 Å². The molecule has 1 heterocycles. The quantitative estimate of drug-likeness (QED) is 0.824. The molecule has 2 aromatic carbocycles. The van der Waals surface area contributed by atoms with Crippen LogP contribution in [0.5, 0.6) is 0 Å². The van der Waals surface area contributed by atoms with E-state index in [4.69, 9.17) is 4.74 Å². The van der Waals surface area contributed by atoms with Crippen molar-refractivity contribution in [3.8, 4) is 0 Å². The number of nitrogens with zero attached hydrogens (tertiary/aromatic N) is 1. The zero-order valence-electron chi connectivity index (χ0n) is 15.4. The van der Waals surface area contributed by atoms with E-state index in [1.165, 1.54) is 0 Å². The van der Waals surface area contributed by atoms with Crippen LogP contribution in [-0.4, -0.2) is 37.0 Å². The number of benzene rings is 2. The number of anilines is 1. The molecule has 1 atom stereocenters. The van der Waals surface area contributed by atoms with Crippen LogP contribution in [-0.2, 0) is 20.7 Å². The van der Waals surface area contributed by atoms with Gasteiger partial charge in [0.2, 0.25) is 0 Å². The monoisotopic (exact) mass is 366 g/mol. The molecule has 1 aliphatic rings. The van der Waals surface area contributed by atoms with Crippen molar-refractivity contribution < 1.29 is 19.1 Å². The van der Waals surface area contributed by atoms with Crippen LogP contribution in [0.3, 0.4) is 0 Å². The highest BCUT2D eigenvalue weighted by Crippen LogP contribution is 2.28. The molecule has 0 saturated carbocycles. The number of esters is 1. The Morgan fingerprint density at radius 2 is 1.93 bits per heavy atom. The van der Waals surface area contributed by atoms with Gasteiger partial charge in [0, 0.05) is 17.8 Å². The number of ether oxygens (including phenoxy) is 1. The lowest BCUT2D eigenvalue weighted by atomic mass is 10.1. The molecule has 27 heavy (non-hydrogen) atoms. The highest BCUT2D eigenvalue weighted by molar-refractivity contribution is 5.99. The number of hydrogen-bond acceptors (Lipinski definition) is 4. The van der Waals surface area contributed by atoms with E-state index in [2.05, 4.69) is 5.32 Å². The first-order valence-corrected chi connectivity index (χ1v) is 8.89. The molecule has 6 heteroatoms. The highest BCUT2D eigenvalue weighted by Gasteiger charge is 2.29.